The Morgan fingerprint density at radius 1 is 0.431 bits per heavy atom. The van der Waals surface area contributed by atoms with Gasteiger partial charge in [0.05, 0.1) is 33.5 Å². The fraction of sp³-hybridized carbons (Fsp3) is 0.0213. The molecule has 0 aliphatic carbocycles. The molecule has 3 nitrogen and oxygen atoms in total. The van der Waals surface area contributed by atoms with E-state index in [0.717, 1.165) is 33.9 Å². The first kappa shape index (κ1) is 28.6. The van der Waals surface area contributed by atoms with Gasteiger partial charge in [0.1, 0.15) is 0 Å². The van der Waals surface area contributed by atoms with Gasteiger partial charge < -0.3 is 4.57 Å². The van der Waals surface area contributed by atoms with Gasteiger partial charge in [0, 0.05) is 37.3 Å². The number of benzene rings is 7. The molecule has 238 valence electrons. The number of nitrogens with zero attached hydrogens (tertiary/aromatic N) is 3. The van der Waals surface area contributed by atoms with Gasteiger partial charge in [-0.1, -0.05) is 151 Å². The number of fused-ring (bicyclic) bond motifs is 11. The van der Waals surface area contributed by atoms with E-state index in [4.69, 9.17) is 9.97 Å². The predicted octanol–water partition coefficient (Wildman–Crippen LogP) is 11.7. The summed E-state index contributed by atoms with van der Waals surface area (Å²) in [6, 6.07) is 63.6. The van der Waals surface area contributed by atoms with Crippen LogP contribution >= 0.6 is 11.8 Å². The molecule has 0 fully saturated rings. The third-order valence-electron chi connectivity index (χ3n) is 10.7. The summed E-state index contributed by atoms with van der Waals surface area (Å²) in [5, 5.41) is 2.55. The van der Waals surface area contributed by atoms with Crippen LogP contribution in [0.5, 0.6) is 0 Å². The Balaban J connectivity index is 1.24. The Bertz CT molecular complexity index is 2780. The summed E-state index contributed by atoms with van der Waals surface area (Å²) < 4.78 is 2.50. The van der Waals surface area contributed by atoms with Crippen molar-refractivity contribution in [3.05, 3.63) is 198 Å². The average molecular weight is 668 g/mol. The lowest BCUT2D eigenvalue weighted by Crippen LogP contribution is -2.37. The van der Waals surface area contributed by atoms with Crippen LogP contribution in [-0.4, -0.2) is 14.5 Å². The lowest BCUT2D eigenvalue weighted by Gasteiger charge is -2.45. The minimum Gasteiger partial charge on any atom is -0.309 e. The largest absolute Gasteiger partial charge is 0.309 e. The molecular formula is C47H29N3S. The molecule has 1 atom stereocenters. The van der Waals surface area contributed by atoms with Gasteiger partial charge in [0.25, 0.3) is 0 Å². The molecule has 2 aromatic heterocycles. The van der Waals surface area contributed by atoms with Crippen molar-refractivity contribution in [1.29, 1.82) is 0 Å². The third kappa shape index (κ3) is 4.02. The van der Waals surface area contributed by atoms with Crippen LogP contribution in [0.1, 0.15) is 22.3 Å². The van der Waals surface area contributed by atoms with Gasteiger partial charge in [-0.15, -0.1) is 0 Å². The molecule has 7 aromatic carbocycles. The van der Waals surface area contributed by atoms with Crippen LogP contribution in [0.4, 0.5) is 0 Å². The molecule has 9 aromatic rings. The number of hydrogen-bond donors (Lipinski definition) is 0. The van der Waals surface area contributed by atoms with Crippen molar-refractivity contribution < 1.29 is 0 Å². The molecule has 1 unspecified atom stereocenters. The van der Waals surface area contributed by atoms with E-state index < -0.39 is 5.41 Å². The summed E-state index contributed by atoms with van der Waals surface area (Å²) in [4.78, 5) is 12.9. The Kier molecular flexibility index (Phi) is 6.10. The van der Waals surface area contributed by atoms with Crippen LogP contribution in [0, 0.1) is 0 Å². The van der Waals surface area contributed by atoms with E-state index in [1.807, 2.05) is 36.0 Å². The van der Waals surface area contributed by atoms with Gasteiger partial charge >= 0.3 is 0 Å². The zero-order valence-electron chi connectivity index (χ0n) is 27.5. The topological polar surface area (TPSA) is 30.7 Å². The quantitative estimate of drug-likeness (QED) is 0.188. The maximum atomic E-state index is 5.25. The lowest BCUT2D eigenvalue weighted by atomic mass is 9.62. The molecule has 11 rings (SSSR count). The Hall–Kier alpha value is -6.23. The molecule has 0 saturated carbocycles. The van der Waals surface area contributed by atoms with Crippen LogP contribution in [0.25, 0.3) is 61.4 Å². The van der Waals surface area contributed by atoms with Gasteiger partial charge in [-0.3, -0.25) is 0 Å². The molecular weight excluding hydrogens is 639 g/mol. The van der Waals surface area contributed by atoms with Gasteiger partial charge in [0.15, 0.2) is 5.82 Å². The molecule has 0 radical (unpaired) electrons. The second kappa shape index (κ2) is 10.9. The van der Waals surface area contributed by atoms with E-state index in [-0.39, 0.29) is 0 Å². The number of para-hydroxylation sites is 3. The molecule has 4 heterocycles. The van der Waals surface area contributed by atoms with Crippen molar-refractivity contribution in [2.75, 3.05) is 0 Å². The summed E-state index contributed by atoms with van der Waals surface area (Å²) >= 11 is 1.86. The van der Waals surface area contributed by atoms with Crippen molar-refractivity contribution in [2.24, 2.45) is 0 Å². The molecule has 0 N–H and O–H groups in total. The van der Waals surface area contributed by atoms with Crippen molar-refractivity contribution in [2.45, 2.75) is 15.2 Å². The van der Waals surface area contributed by atoms with Crippen molar-refractivity contribution >= 4 is 33.6 Å². The van der Waals surface area contributed by atoms with Crippen LogP contribution in [0.2, 0.25) is 0 Å². The van der Waals surface area contributed by atoms with E-state index in [2.05, 4.69) is 156 Å². The van der Waals surface area contributed by atoms with Crippen molar-refractivity contribution in [1.82, 2.24) is 14.5 Å². The zero-order valence-corrected chi connectivity index (χ0v) is 28.3. The van der Waals surface area contributed by atoms with E-state index in [9.17, 15) is 0 Å². The van der Waals surface area contributed by atoms with Gasteiger partial charge in [-0.05, 0) is 58.7 Å². The van der Waals surface area contributed by atoms with Crippen molar-refractivity contribution in [3.63, 3.8) is 0 Å². The van der Waals surface area contributed by atoms with E-state index >= 15 is 0 Å². The van der Waals surface area contributed by atoms with E-state index in [1.54, 1.807) is 0 Å². The molecule has 51 heavy (non-hydrogen) atoms. The van der Waals surface area contributed by atoms with E-state index in [1.165, 1.54) is 59.5 Å². The summed E-state index contributed by atoms with van der Waals surface area (Å²) in [7, 11) is 0. The summed E-state index contributed by atoms with van der Waals surface area (Å²) in [5.41, 5.74) is 13.3. The average Bonchev–Trinajstić information content (AvgIpc) is 3.55. The normalized spacial score (nSPS) is 15.5. The third-order valence-corrected chi connectivity index (χ3v) is 11.8. The monoisotopic (exact) mass is 667 g/mol. The Morgan fingerprint density at radius 2 is 1.06 bits per heavy atom. The number of rotatable bonds is 3. The highest BCUT2D eigenvalue weighted by molar-refractivity contribution is 7.99. The molecule has 0 bridgehead atoms. The van der Waals surface area contributed by atoms with Gasteiger partial charge in [0.2, 0.25) is 0 Å². The zero-order chi connectivity index (χ0) is 33.5. The Labute approximate surface area is 299 Å². The van der Waals surface area contributed by atoms with Gasteiger partial charge in [-0.2, -0.15) is 0 Å². The minimum atomic E-state index is -0.550. The predicted molar refractivity (Wildman–Crippen MR) is 209 cm³/mol. The highest BCUT2D eigenvalue weighted by Gasteiger charge is 2.49. The fourth-order valence-corrected chi connectivity index (χ4v) is 9.72. The van der Waals surface area contributed by atoms with Crippen LogP contribution < -0.4 is 0 Å². The van der Waals surface area contributed by atoms with Crippen LogP contribution in [0.15, 0.2) is 186 Å². The smallest absolute Gasteiger partial charge is 0.160 e. The standard InChI is InChI=1S/C47H29N3S/c1-3-14-30(15-4-1)39-29-40(49-46(48-39)31-16-5-2-6-17-31)32-26-27-44-38(28-32)47(36-21-9-12-25-43(36)51-44)35-20-8-11-24-42(35)50-41-23-10-7-18-33(41)34-19-13-22-37(47)45(34)50/h1-29H. The maximum Gasteiger partial charge on any atom is 0.160 e. The summed E-state index contributed by atoms with van der Waals surface area (Å²) in [5.74, 6) is 0.719. The van der Waals surface area contributed by atoms with E-state index in [0.29, 0.717) is 0 Å². The lowest BCUT2D eigenvalue weighted by molar-refractivity contribution is 0.690. The highest BCUT2D eigenvalue weighted by atomic mass is 32.2. The first-order valence-electron chi connectivity index (χ1n) is 17.3. The molecule has 0 saturated heterocycles. The second-order valence-corrected chi connectivity index (χ2v) is 14.4. The fourth-order valence-electron chi connectivity index (χ4n) is 8.55. The molecule has 0 amide bonds. The molecule has 4 heteroatoms. The van der Waals surface area contributed by atoms with Crippen molar-refractivity contribution in [3.8, 4) is 39.6 Å². The molecule has 1 spiro atoms. The minimum absolute atomic E-state index is 0.550. The van der Waals surface area contributed by atoms with Crippen LogP contribution in [-0.2, 0) is 5.41 Å². The second-order valence-electron chi connectivity index (χ2n) is 13.3. The first-order valence-corrected chi connectivity index (χ1v) is 18.2. The first-order chi connectivity index (χ1) is 25.3. The summed E-state index contributed by atoms with van der Waals surface area (Å²) in [6.07, 6.45) is 0. The number of aromatic nitrogens is 3. The van der Waals surface area contributed by atoms with Crippen LogP contribution in [0.3, 0.4) is 0 Å². The Morgan fingerprint density at radius 3 is 1.90 bits per heavy atom. The van der Waals surface area contributed by atoms with Gasteiger partial charge in [-0.25, -0.2) is 9.97 Å². The summed E-state index contributed by atoms with van der Waals surface area (Å²) in [6.45, 7) is 0. The molecule has 2 aliphatic heterocycles. The SMILES string of the molecule is c1ccc(-c2cc(-c3ccc4c(c3)C3(c5ccccc5S4)c4ccccc4-n4c5ccccc5c5cccc3c54)nc(-c3ccccc3)n2)cc1. The number of hydrogen-bond acceptors (Lipinski definition) is 3. The molecule has 2 aliphatic rings. The maximum absolute atomic E-state index is 5.25. The highest BCUT2D eigenvalue weighted by Crippen LogP contribution is 2.60.